The summed E-state index contributed by atoms with van der Waals surface area (Å²) in [5.74, 6) is 0.544. The first-order valence-corrected chi connectivity index (χ1v) is 13.8. The van der Waals surface area contributed by atoms with Crippen molar-refractivity contribution in [1.82, 2.24) is 14.7 Å². The number of carbonyl (C=O) groups is 2. The molecule has 3 aromatic rings. The van der Waals surface area contributed by atoms with E-state index in [0.29, 0.717) is 43.2 Å². The maximum atomic E-state index is 13.8. The summed E-state index contributed by atoms with van der Waals surface area (Å²) in [5, 5.41) is 2.02. The van der Waals surface area contributed by atoms with Crippen LogP contribution in [0, 0.1) is 12.7 Å². The Balaban J connectivity index is 1.36. The van der Waals surface area contributed by atoms with E-state index in [4.69, 9.17) is 9.47 Å². The average molecular weight is 538 g/mol. The molecule has 0 radical (unpaired) electrons. The van der Waals surface area contributed by atoms with Crippen molar-refractivity contribution in [3.8, 4) is 11.5 Å². The molecule has 3 heterocycles. The maximum absolute atomic E-state index is 13.8. The van der Waals surface area contributed by atoms with Crippen molar-refractivity contribution in [1.29, 1.82) is 0 Å². The minimum Gasteiger partial charge on any atom is -0.454 e. The van der Waals surface area contributed by atoms with E-state index in [0.717, 1.165) is 41.9 Å². The molecule has 0 bridgehead atoms. The van der Waals surface area contributed by atoms with Crippen LogP contribution in [-0.4, -0.2) is 66.0 Å². The number of amides is 2. The number of hydrogen-bond donors (Lipinski definition) is 0. The normalized spacial score (nSPS) is 14.6. The van der Waals surface area contributed by atoms with Gasteiger partial charge in [-0.2, -0.15) is 0 Å². The van der Waals surface area contributed by atoms with Gasteiger partial charge in [-0.25, -0.2) is 4.39 Å². The molecule has 2 aromatic carbocycles. The van der Waals surface area contributed by atoms with Gasteiger partial charge in [-0.05, 0) is 91.8 Å². The lowest BCUT2D eigenvalue weighted by Crippen LogP contribution is -2.45. The van der Waals surface area contributed by atoms with E-state index in [2.05, 4.69) is 4.90 Å². The molecule has 5 rings (SSSR count). The van der Waals surface area contributed by atoms with Crippen LogP contribution in [0.25, 0.3) is 0 Å². The van der Waals surface area contributed by atoms with Crippen LogP contribution in [0.15, 0.2) is 53.9 Å². The molecule has 2 aliphatic rings. The summed E-state index contributed by atoms with van der Waals surface area (Å²) >= 11 is 1.62. The number of aryl methyl sites for hydroxylation is 1. The summed E-state index contributed by atoms with van der Waals surface area (Å²) in [6, 6.07) is 13.2. The lowest BCUT2D eigenvalue weighted by molar-refractivity contribution is -0.133. The first-order valence-electron chi connectivity index (χ1n) is 12.9. The van der Waals surface area contributed by atoms with Crippen LogP contribution in [-0.2, 0) is 17.9 Å². The number of fused-ring (bicyclic) bond motifs is 1. The van der Waals surface area contributed by atoms with Gasteiger partial charge < -0.3 is 24.2 Å². The smallest absolute Gasteiger partial charge is 0.254 e. The zero-order chi connectivity index (χ0) is 26.5. The molecule has 0 unspecified atom stereocenters. The molecule has 7 nitrogen and oxygen atoms in total. The number of carbonyl (C=O) groups excluding carboxylic acids is 2. The highest BCUT2D eigenvalue weighted by molar-refractivity contribution is 7.10. The third-order valence-electron chi connectivity index (χ3n) is 7.06. The molecule has 2 amide bonds. The zero-order valence-electron chi connectivity index (χ0n) is 21.5. The topological polar surface area (TPSA) is 62.3 Å². The SMILES string of the molecule is Cc1ccsc1CN(Cc1ccc2c(c1)OCO2)C(=O)CN(CCN1CCCC1)C(=O)c1ccc(F)cc1. The van der Waals surface area contributed by atoms with Gasteiger partial charge in [0.15, 0.2) is 11.5 Å². The predicted molar refractivity (Wildman–Crippen MR) is 144 cm³/mol. The molecule has 0 spiro atoms. The first kappa shape index (κ1) is 26.2. The molecule has 9 heteroatoms. The fraction of sp³-hybridized carbons (Fsp3) is 0.379. The van der Waals surface area contributed by atoms with Crippen LogP contribution >= 0.6 is 11.3 Å². The van der Waals surface area contributed by atoms with E-state index in [1.165, 1.54) is 24.3 Å². The molecule has 1 aromatic heterocycles. The minimum absolute atomic E-state index is 0.0565. The van der Waals surface area contributed by atoms with Crippen LogP contribution < -0.4 is 9.47 Å². The predicted octanol–water partition coefficient (Wildman–Crippen LogP) is 4.69. The van der Waals surface area contributed by atoms with E-state index in [1.54, 1.807) is 21.1 Å². The molecule has 0 N–H and O–H groups in total. The van der Waals surface area contributed by atoms with E-state index >= 15 is 0 Å². The van der Waals surface area contributed by atoms with Crippen molar-refractivity contribution in [3.05, 3.63) is 81.3 Å². The molecule has 1 saturated heterocycles. The zero-order valence-corrected chi connectivity index (χ0v) is 22.3. The van der Waals surface area contributed by atoms with Gasteiger partial charge in [-0.1, -0.05) is 6.07 Å². The summed E-state index contributed by atoms with van der Waals surface area (Å²) in [5.41, 5.74) is 2.43. The van der Waals surface area contributed by atoms with E-state index in [1.807, 2.05) is 36.6 Å². The second-order valence-electron chi connectivity index (χ2n) is 9.75. The quantitative estimate of drug-likeness (QED) is 0.376. The number of nitrogens with zero attached hydrogens (tertiary/aromatic N) is 3. The molecule has 38 heavy (non-hydrogen) atoms. The van der Waals surface area contributed by atoms with Gasteiger partial charge in [0.1, 0.15) is 12.4 Å². The first-order chi connectivity index (χ1) is 18.5. The summed E-state index contributed by atoms with van der Waals surface area (Å²) in [7, 11) is 0. The fourth-order valence-electron chi connectivity index (χ4n) is 4.79. The highest BCUT2D eigenvalue weighted by Gasteiger charge is 2.25. The van der Waals surface area contributed by atoms with Crippen molar-refractivity contribution in [2.45, 2.75) is 32.9 Å². The molecule has 200 valence electrons. The van der Waals surface area contributed by atoms with Gasteiger partial charge in [-0.3, -0.25) is 9.59 Å². The number of benzene rings is 2. The van der Waals surface area contributed by atoms with Gasteiger partial charge in [0.2, 0.25) is 12.7 Å². The van der Waals surface area contributed by atoms with Gasteiger partial charge in [0.25, 0.3) is 5.91 Å². The maximum Gasteiger partial charge on any atom is 0.254 e. The second-order valence-corrected chi connectivity index (χ2v) is 10.7. The standard InChI is InChI=1S/C29H32FN3O4S/c1-21-10-15-38-27(21)18-33(17-22-4-9-25-26(16-22)37-20-36-25)28(34)19-32(14-13-31-11-2-3-12-31)29(35)23-5-7-24(30)8-6-23/h4-10,15-16H,2-3,11-14,17-20H2,1H3. The van der Waals surface area contributed by atoms with Crippen molar-refractivity contribution >= 4 is 23.2 Å². The molecule has 0 aliphatic carbocycles. The molecule has 0 saturated carbocycles. The van der Waals surface area contributed by atoms with E-state index in [9.17, 15) is 14.0 Å². The van der Waals surface area contributed by atoms with Crippen LogP contribution in [0.1, 0.15) is 39.2 Å². The number of halogens is 1. The van der Waals surface area contributed by atoms with Gasteiger partial charge in [0.05, 0.1) is 6.54 Å². The molecule has 1 fully saturated rings. The summed E-state index contributed by atoms with van der Waals surface area (Å²) in [4.78, 5) is 34.1. The number of rotatable bonds is 10. The van der Waals surface area contributed by atoms with E-state index in [-0.39, 0.29) is 25.2 Å². The Morgan fingerprint density at radius 2 is 1.74 bits per heavy atom. The summed E-state index contributed by atoms with van der Waals surface area (Å²) < 4.78 is 24.5. The van der Waals surface area contributed by atoms with Gasteiger partial charge in [-0.15, -0.1) is 11.3 Å². The number of thiophene rings is 1. The molecule has 0 atom stereocenters. The van der Waals surface area contributed by atoms with Crippen LogP contribution in [0.3, 0.4) is 0 Å². The van der Waals surface area contributed by atoms with E-state index < -0.39 is 5.82 Å². The fourth-order valence-corrected chi connectivity index (χ4v) is 5.71. The highest BCUT2D eigenvalue weighted by Crippen LogP contribution is 2.33. The van der Waals surface area contributed by atoms with Crippen LogP contribution in [0.5, 0.6) is 11.5 Å². The molecular formula is C29H32FN3O4S. The lowest BCUT2D eigenvalue weighted by atomic mass is 10.1. The van der Waals surface area contributed by atoms with Crippen molar-refractivity contribution in [2.75, 3.05) is 39.5 Å². The van der Waals surface area contributed by atoms with Crippen LogP contribution in [0.2, 0.25) is 0 Å². The third-order valence-corrected chi connectivity index (χ3v) is 8.06. The minimum atomic E-state index is -0.400. The third kappa shape index (κ3) is 6.34. The molecular weight excluding hydrogens is 505 g/mol. The largest absolute Gasteiger partial charge is 0.454 e. The van der Waals surface area contributed by atoms with Gasteiger partial charge in [0, 0.05) is 30.1 Å². The summed E-state index contributed by atoms with van der Waals surface area (Å²) in [6.45, 7) is 6.12. The highest BCUT2D eigenvalue weighted by atomic mass is 32.1. The monoisotopic (exact) mass is 537 g/mol. The number of likely N-dealkylation sites (tertiary alicyclic amines) is 1. The molecule has 2 aliphatic heterocycles. The number of hydrogen-bond acceptors (Lipinski definition) is 6. The summed E-state index contributed by atoms with van der Waals surface area (Å²) in [6.07, 6.45) is 2.29. The Morgan fingerprint density at radius 3 is 2.47 bits per heavy atom. The van der Waals surface area contributed by atoms with Crippen molar-refractivity contribution < 1.29 is 23.5 Å². The average Bonchev–Trinajstić information content (AvgIpc) is 3.69. The van der Waals surface area contributed by atoms with Gasteiger partial charge >= 0.3 is 0 Å². The number of ether oxygens (including phenoxy) is 2. The Hall–Kier alpha value is -3.43. The van der Waals surface area contributed by atoms with Crippen molar-refractivity contribution in [2.24, 2.45) is 0 Å². The Morgan fingerprint density at radius 1 is 0.974 bits per heavy atom. The second kappa shape index (κ2) is 12.0. The lowest BCUT2D eigenvalue weighted by Gasteiger charge is -2.29. The van der Waals surface area contributed by atoms with Crippen molar-refractivity contribution in [3.63, 3.8) is 0 Å². The Kier molecular flexibility index (Phi) is 8.24. The Labute approximate surface area is 226 Å². The van der Waals surface area contributed by atoms with Crippen LogP contribution in [0.4, 0.5) is 4.39 Å². The Bertz CT molecular complexity index is 1270.